The molecule has 4 nitrogen and oxygen atoms in total. The summed E-state index contributed by atoms with van der Waals surface area (Å²) in [6.45, 7) is 7.17. The van der Waals surface area contributed by atoms with Gasteiger partial charge in [-0.25, -0.2) is 4.98 Å². The first-order chi connectivity index (χ1) is 17.6. The van der Waals surface area contributed by atoms with Crippen LogP contribution in [0.1, 0.15) is 66.6 Å². The molecular weight excluding hydrogens is 442 g/mol. The number of nitrogens with zero attached hydrogens (tertiary/aromatic N) is 2. The molecule has 1 unspecified atom stereocenters. The van der Waals surface area contributed by atoms with Gasteiger partial charge in [-0.3, -0.25) is 9.69 Å². The summed E-state index contributed by atoms with van der Waals surface area (Å²) < 4.78 is 0. The van der Waals surface area contributed by atoms with E-state index in [1.807, 2.05) is 60.7 Å². The molecule has 184 valence electrons. The number of carbonyl (C=O) groups excluding carboxylic acids is 1. The van der Waals surface area contributed by atoms with Gasteiger partial charge < -0.3 is 5.32 Å². The van der Waals surface area contributed by atoms with E-state index in [-0.39, 0.29) is 11.9 Å². The Morgan fingerprint density at radius 3 is 2.25 bits per heavy atom. The van der Waals surface area contributed by atoms with E-state index in [4.69, 9.17) is 4.98 Å². The zero-order chi connectivity index (χ0) is 24.9. The molecule has 1 fully saturated rings. The first-order valence-electron chi connectivity index (χ1n) is 13.2. The summed E-state index contributed by atoms with van der Waals surface area (Å²) in [5, 5.41) is 4.17. The third kappa shape index (κ3) is 5.34. The minimum Gasteiger partial charge on any atom is -0.350 e. The molecule has 0 aliphatic carbocycles. The minimum absolute atomic E-state index is 0.0495. The van der Waals surface area contributed by atoms with E-state index in [1.165, 1.54) is 30.4 Å². The Morgan fingerprint density at radius 2 is 1.53 bits per heavy atom. The zero-order valence-corrected chi connectivity index (χ0v) is 21.3. The van der Waals surface area contributed by atoms with Crippen molar-refractivity contribution in [1.29, 1.82) is 0 Å². The van der Waals surface area contributed by atoms with Crippen molar-refractivity contribution >= 4 is 16.8 Å². The summed E-state index contributed by atoms with van der Waals surface area (Å²) in [4.78, 5) is 21.0. The number of hydrogen-bond donors (Lipinski definition) is 1. The van der Waals surface area contributed by atoms with Gasteiger partial charge in [-0.15, -0.1) is 0 Å². The second kappa shape index (κ2) is 11.0. The highest BCUT2D eigenvalue weighted by molar-refractivity contribution is 6.07. The zero-order valence-electron chi connectivity index (χ0n) is 21.3. The quantitative estimate of drug-likeness (QED) is 0.312. The maximum atomic E-state index is 13.6. The van der Waals surface area contributed by atoms with E-state index in [1.54, 1.807) is 0 Å². The van der Waals surface area contributed by atoms with E-state index in [0.717, 1.165) is 35.2 Å². The van der Waals surface area contributed by atoms with Crippen LogP contribution in [0.4, 0.5) is 0 Å². The van der Waals surface area contributed by atoms with Crippen LogP contribution in [0.25, 0.3) is 22.2 Å². The maximum Gasteiger partial charge on any atom is 0.252 e. The SMILES string of the molecule is CC(C)c1ccc(C(CNC(=O)c2cc(-c3ccccc3)nc3ccccc23)N2CCCCC2)cc1. The van der Waals surface area contributed by atoms with Crippen LogP contribution >= 0.6 is 0 Å². The summed E-state index contributed by atoms with van der Waals surface area (Å²) in [7, 11) is 0. The van der Waals surface area contributed by atoms with Gasteiger partial charge in [0, 0.05) is 17.5 Å². The second-order valence-electron chi connectivity index (χ2n) is 10.1. The van der Waals surface area contributed by atoms with Crippen LogP contribution in [0.15, 0.2) is 84.9 Å². The van der Waals surface area contributed by atoms with Crippen LogP contribution in [0, 0.1) is 0 Å². The van der Waals surface area contributed by atoms with Crippen molar-refractivity contribution in [3.63, 3.8) is 0 Å². The van der Waals surface area contributed by atoms with Crippen molar-refractivity contribution in [3.05, 3.63) is 102 Å². The van der Waals surface area contributed by atoms with E-state index in [0.29, 0.717) is 18.0 Å². The monoisotopic (exact) mass is 477 g/mol. The Morgan fingerprint density at radius 1 is 0.861 bits per heavy atom. The lowest BCUT2D eigenvalue weighted by molar-refractivity contribution is 0.0926. The van der Waals surface area contributed by atoms with Crippen LogP contribution in [-0.2, 0) is 0 Å². The lowest BCUT2D eigenvalue weighted by atomic mass is 9.97. The van der Waals surface area contributed by atoms with Crippen molar-refractivity contribution in [2.24, 2.45) is 0 Å². The number of fused-ring (bicyclic) bond motifs is 1. The Bertz CT molecular complexity index is 1310. The van der Waals surface area contributed by atoms with Gasteiger partial charge in [-0.1, -0.05) is 93.1 Å². The van der Waals surface area contributed by atoms with Gasteiger partial charge >= 0.3 is 0 Å². The van der Waals surface area contributed by atoms with Gasteiger partial charge in [-0.2, -0.15) is 0 Å². The number of benzene rings is 3. The molecule has 0 radical (unpaired) electrons. The number of pyridine rings is 1. The number of piperidine rings is 1. The van der Waals surface area contributed by atoms with Crippen molar-refractivity contribution < 1.29 is 4.79 Å². The first-order valence-corrected chi connectivity index (χ1v) is 13.2. The Labute approximate surface area is 214 Å². The summed E-state index contributed by atoms with van der Waals surface area (Å²) in [6.07, 6.45) is 3.71. The lowest BCUT2D eigenvalue weighted by Crippen LogP contribution is -2.40. The first kappa shape index (κ1) is 24.2. The fourth-order valence-corrected chi connectivity index (χ4v) is 5.20. The molecule has 1 aromatic heterocycles. The molecule has 2 heterocycles. The molecule has 1 saturated heterocycles. The fraction of sp³-hybridized carbons (Fsp3) is 0.312. The molecular formula is C32H35N3O. The van der Waals surface area contributed by atoms with Gasteiger partial charge in [0.2, 0.25) is 0 Å². The molecule has 0 saturated carbocycles. The van der Waals surface area contributed by atoms with E-state index in [2.05, 4.69) is 48.3 Å². The molecule has 1 amide bonds. The standard InChI is InChI=1S/C32H35N3O/c1-23(2)24-15-17-26(18-16-24)31(35-19-9-4-10-20-35)22-33-32(36)28-21-30(25-11-5-3-6-12-25)34-29-14-8-7-13-27(28)29/h3,5-8,11-18,21,23,31H,4,9-10,19-20,22H2,1-2H3,(H,33,36). The summed E-state index contributed by atoms with van der Waals surface area (Å²) >= 11 is 0. The maximum absolute atomic E-state index is 13.6. The molecule has 36 heavy (non-hydrogen) atoms. The van der Waals surface area contributed by atoms with Crippen molar-refractivity contribution in [1.82, 2.24) is 15.2 Å². The molecule has 0 spiro atoms. The Kier molecular flexibility index (Phi) is 7.43. The highest BCUT2D eigenvalue weighted by Crippen LogP contribution is 2.28. The molecule has 4 aromatic rings. The number of hydrogen-bond acceptors (Lipinski definition) is 3. The lowest BCUT2D eigenvalue weighted by Gasteiger charge is -2.35. The summed E-state index contributed by atoms with van der Waals surface area (Å²) in [6, 6.07) is 29.0. The number of carbonyl (C=O) groups is 1. The molecule has 1 aliphatic rings. The smallest absolute Gasteiger partial charge is 0.252 e. The normalized spacial score (nSPS) is 15.2. The highest BCUT2D eigenvalue weighted by Gasteiger charge is 2.24. The van der Waals surface area contributed by atoms with Crippen molar-refractivity contribution in [2.75, 3.05) is 19.6 Å². The molecule has 0 bridgehead atoms. The predicted molar refractivity (Wildman–Crippen MR) is 148 cm³/mol. The molecule has 1 atom stereocenters. The largest absolute Gasteiger partial charge is 0.350 e. The van der Waals surface area contributed by atoms with Gasteiger partial charge in [0.25, 0.3) is 5.91 Å². The number of aromatic nitrogens is 1. The van der Waals surface area contributed by atoms with Crippen molar-refractivity contribution in [2.45, 2.75) is 45.1 Å². The van der Waals surface area contributed by atoms with Crippen LogP contribution in [0.3, 0.4) is 0 Å². The highest BCUT2D eigenvalue weighted by atomic mass is 16.1. The molecule has 3 aromatic carbocycles. The topological polar surface area (TPSA) is 45.2 Å². The second-order valence-corrected chi connectivity index (χ2v) is 10.1. The molecule has 1 N–H and O–H groups in total. The predicted octanol–water partition coefficient (Wildman–Crippen LogP) is 6.98. The fourth-order valence-electron chi connectivity index (χ4n) is 5.20. The van der Waals surface area contributed by atoms with Crippen LogP contribution < -0.4 is 5.32 Å². The average Bonchev–Trinajstić information content (AvgIpc) is 2.93. The van der Waals surface area contributed by atoms with Gasteiger partial charge in [-0.05, 0) is 55.1 Å². The average molecular weight is 478 g/mol. The Balaban J connectivity index is 1.43. The Hall–Kier alpha value is -3.50. The summed E-state index contributed by atoms with van der Waals surface area (Å²) in [5.74, 6) is 0.456. The van der Waals surface area contributed by atoms with Crippen LogP contribution in [-0.4, -0.2) is 35.4 Å². The molecule has 4 heteroatoms. The van der Waals surface area contributed by atoms with Gasteiger partial charge in [0.05, 0.1) is 22.8 Å². The third-order valence-electron chi connectivity index (χ3n) is 7.31. The molecule has 5 rings (SSSR count). The number of likely N-dealkylation sites (tertiary alicyclic amines) is 1. The van der Waals surface area contributed by atoms with E-state index >= 15 is 0 Å². The van der Waals surface area contributed by atoms with Crippen LogP contribution in [0.5, 0.6) is 0 Å². The molecule has 1 aliphatic heterocycles. The minimum atomic E-state index is -0.0495. The number of nitrogens with one attached hydrogen (secondary N) is 1. The van der Waals surface area contributed by atoms with Crippen molar-refractivity contribution in [3.8, 4) is 11.3 Å². The van der Waals surface area contributed by atoms with Gasteiger partial charge in [0.1, 0.15) is 0 Å². The van der Waals surface area contributed by atoms with Crippen LogP contribution in [0.2, 0.25) is 0 Å². The number of rotatable bonds is 7. The number of para-hydroxylation sites is 1. The summed E-state index contributed by atoms with van der Waals surface area (Å²) in [5.41, 5.74) is 5.95. The number of amides is 1. The third-order valence-corrected chi connectivity index (χ3v) is 7.31. The van der Waals surface area contributed by atoms with E-state index in [9.17, 15) is 4.79 Å². The van der Waals surface area contributed by atoms with E-state index < -0.39 is 0 Å². The van der Waals surface area contributed by atoms with Gasteiger partial charge in [0.15, 0.2) is 0 Å².